The highest BCUT2D eigenvalue weighted by molar-refractivity contribution is 6.00. The number of carbonyl (C=O) groups excluding carboxylic acids is 2. The first-order valence-corrected chi connectivity index (χ1v) is 15.4. The van der Waals surface area contributed by atoms with Gasteiger partial charge in [-0.2, -0.15) is 0 Å². The second-order valence-corrected chi connectivity index (χ2v) is 12.1. The summed E-state index contributed by atoms with van der Waals surface area (Å²) in [6.07, 6.45) is 11.3. The Kier molecular flexibility index (Phi) is 11.0. The van der Waals surface area contributed by atoms with Crippen molar-refractivity contribution in [2.75, 3.05) is 26.2 Å². The third kappa shape index (κ3) is 8.17. The molecule has 0 saturated carbocycles. The van der Waals surface area contributed by atoms with Crippen molar-refractivity contribution < 1.29 is 9.59 Å². The first kappa shape index (κ1) is 29.3. The molecule has 1 spiro atoms. The smallest absolute Gasteiger partial charge is 0.246 e. The van der Waals surface area contributed by atoms with Crippen molar-refractivity contribution in [2.24, 2.45) is 5.92 Å². The summed E-state index contributed by atoms with van der Waals surface area (Å²) in [4.78, 5) is 31.8. The van der Waals surface area contributed by atoms with Gasteiger partial charge in [0.2, 0.25) is 11.8 Å². The molecule has 1 atom stereocenters. The highest BCUT2D eigenvalue weighted by atomic mass is 16.2. The summed E-state index contributed by atoms with van der Waals surface area (Å²) in [5.74, 6) is 0.578. The average molecular weight is 532 g/mol. The molecule has 2 aliphatic rings. The SMILES string of the molecule is CC(C)C[C@@H]1NC(=O)C2(CCN(CCCCCCc3ccccc3)CC2)N(CCCCc2ccccc2)C1=O. The number of rotatable bonds is 14. The van der Waals surface area contributed by atoms with Crippen LogP contribution in [0, 0.1) is 5.92 Å². The quantitative estimate of drug-likeness (QED) is 0.303. The molecular formula is C34H49N3O2. The van der Waals surface area contributed by atoms with Crippen molar-refractivity contribution in [3.8, 4) is 0 Å². The summed E-state index contributed by atoms with van der Waals surface area (Å²) in [7, 11) is 0. The monoisotopic (exact) mass is 531 g/mol. The molecule has 2 fully saturated rings. The van der Waals surface area contributed by atoms with Crippen LogP contribution in [0.1, 0.15) is 82.8 Å². The summed E-state index contributed by atoms with van der Waals surface area (Å²) in [5, 5.41) is 3.15. The van der Waals surface area contributed by atoms with Gasteiger partial charge in [-0.1, -0.05) is 87.4 Å². The zero-order chi connectivity index (χ0) is 27.5. The van der Waals surface area contributed by atoms with Gasteiger partial charge in [0.05, 0.1) is 0 Å². The minimum atomic E-state index is -0.677. The molecular weight excluding hydrogens is 482 g/mol. The van der Waals surface area contributed by atoms with Crippen molar-refractivity contribution in [1.82, 2.24) is 15.1 Å². The number of benzene rings is 2. The topological polar surface area (TPSA) is 52.7 Å². The minimum absolute atomic E-state index is 0.0800. The number of hydrogen-bond acceptors (Lipinski definition) is 3. The van der Waals surface area contributed by atoms with Crippen LogP contribution in [0.4, 0.5) is 0 Å². The first-order chi connectivity index (χ1) is 19.0. The lowest BCUT2D eigenvalue weighted by molar-refractivity contribution is -0.161. The zero-order valence-corrected chi connectivity index (χ0v) is 24.2. The standard InChI is InChI=1S/C34H49N3O2/c1-28(2)27-31-32(38)37(24-14-12-20-30-18-10-6-11-19-30)34(33(39)35-31)21-25-36(26-22-34)23-13-4-3-7-15-29-16-8-5-9-17-29/h5-6,8-11,16-19,28,31H,3-4,7,12-15,20-27H2,1-2H3,(H,35,39)/t31-/m0/s1. The van der Waals surface area contributed by atoms with Gasteiger partial charge < -0.3 is 15.1 Å². The van der Waals surface area contributed by atoms with Crippen LogP contribution in [-0.4, -0.2) is 59.4 Å². The molecule has 0 aromatic heterocycles. The molecule has 2 heterocycles. The van der Waals surface area contributed by atoms with E-state index in [1.807, 2.05) is 11.0 Å². The molecule has 0 aliphatic carbocycles. The molecule has 5 nitrogen and oxygen atoms in total. The Balaban J connectivity index is 1.27. The van der Waals surface area contributed by atoms with Gasteiger partial charge in [0.1, 0.15) is 11.6 Å². The van der Waals surface area contributed by atoms with Crippen LogP contribution in [0.5, 0.6) is 0 Å². The molecule has 0 bridgehead atoms. The molecule has 2 aromatic rings. The fourth-order valence-electron chi connectivity index (χ4n) is 6.38. The number of nitrogens with one attached hydrogen (secondary N) is 1. The fourth-order valence-corrected chi connectivity index (χ4v) is 6.38. The van der Waals surface area contributed by atoms with Crippen LogP contribution in [-0.2, 0) is 22.4 Å². The van der Waals surface area contributed by atoms with Crippen molar-refractivity contribution in [3.63, 3.8) is 0 Å². The molecule has 0 radical (unpaired) electrons. The predicted octanol–water partition coefficient (Wildman–Crippen LogP) is 6.02. The highest BCUT2D eigenvalue weighted by Gasteiger charge is 2.53. The molecule has 2 aliphatic heterocycles. The molecule has 5 heteroatoms. The number of hydrogen-bond donors (Lipinski definition) is 1. The molecule has 39 heavy (non-hydrogen) atoms. The van der Waals surface area contributed by atoms with Crippen LogP contribution >= 0.6 is 0 Å². The molecule has 0 unspecified atom stereocenters. The van der Waals surface area contributed by atoms with E-state index >= 15 is 0 Å². The average Bonchev–Trinajstić information content (AvgIpc) is 2.95. The zero-order valence-electron chi connectivity index (χ0n) is 24.2. The van der Waals surface area contributed by atoms with Gasteiger partial charge in [0, 0.05) is 19.6 Å². The number of likely N-dealkylation sites (tertiary alicyclic amines) is 1. The van der Waals surface area contributed by atoms with E-state index < -0.39 is 5.54 Å². The molecule has 212 valence electrons. The second kappa shape index (κ2) is 14.6. The number of carbonyl (C=O) groups is 2. The van der Waals surface area contributed by atoms with E-state index in [1.165, 1.54) is 36.8 Å². The fraction of sp³-hybridized carbons (Fsp3) is 0.588. The highest BCUT2D eigenvalue weighted by Crippen LogP contribution is 2.34. The molecule has 2 aromatic carbocycles. The van der Waals surface area contributed by atoms with Gasteiger partial charge in [0.15, 0.2) is 0 Å². The maximum absolute atomic E-state index is 13.7. The van der Waals surface area contributed by atoms with Gasteiger partial charge in [0.25, 0.3) is 0 Å². The normalized spacial score (nSPS) is 19.6. The number of nitrogens with zero attached hydrogens (tertiary/aromatic N) is 2. The summed E-state index contributed by atoms with van der Waals surface area (Å²) in [6.45, 7) is 7.78. The first-order valence-electron chi connectivity index (χ1n) is 15.4. The van der Waals surface area contributed by atoms with E-state index in [9.17, 15) is 9.59 Å². The van der Waals surface area contributed by atoms with E-state index in [2.05, 4.69) is 78.7 Å². The number of aryl methyl sites for hydroxylation is 2. The number of piperazine rings is 1. The third-order valence-corrected chi connectivity index (χ3v) is 8.67. The van der Waals surface area contributed by atoms with E-state index in [1.54, 1.807) is 0 Å². The predicted molar refractivity (Wildman–Crippen MR) is 159 cm³/mol. The van der Waals surface area contributed by atoms with E-state index in [0.717, 1.165) is 58.2 Å². The van der Waals surface area contributed by atoms with Crippen molar-refractivity contribution in [1.29, 1.82) is 0 Å². The van der Waals surface area contributed by atoms with Crippen LogP contribution in [0.15, 0.2) is 60.7 Å². The Hall–Kier alpha value is -2.66. The van der Waals surface area contributed by atoms with E-state index in [4.69, 9.17) is 0 Å². The summed E-state index contributed by atoms with van der Waals surface area (Å²) >= 11 is 0. The van der Waals surface area contributed by atoms with Crippen molar-refractivity contribution in [2.45, 2.75) is 96.1 Å². The number of piperidine rings is 1. The Morgan fingerprint density at radius 1 is 0.769 bits per heavy atom. The number of amides is 2. The van der Waals surface area contributed by atoms with Crippen molar-refractivity contribution in [3.05, 3.63) is 71.8 Å². The largest absolute Gasteiger partial charge is 0.342 e. The van der Waals surface area contributed by atoms with Gasteiger partial charge in [-0.15, -0.1) is 0 Å². The lowest BCUT2D eigenvalue weighted by Gasteiger charge is -2.52. The summed E-state index contributed by atoms with van der Waals surface area (Å²) < 4.78 is 0. The minimum Gasteiger partial charge on any atom is -0.342 e. The maximum Gasteiger partial charge on any atom is 0.246 e. The van der Waals surface area contributed by atoms with Gasteiger partial charge in [-0.05, 0) is 81.4 Å². The molecule has 1 N–H and O–H groups in total. The van der Waals surface area contributed by atoms with Crippen LogP contribution in [0.25, 0.3) is 0 Å². The van der Waals surface area contributed by atoms with Crippen LogP contribution in [0.2, 0.25) is 0 Å². The van der Waals surface area contributed by atoms with Crippen LogP contribution < -0.4 is 5.32 Å². The lowest BCUT2D eigenvalue weighted by atomic mass is 9.80. The second-order valence-electron chi connectivity index (χ2n) is 12.1. The molecule has 2 saturated heterocycles. The van der Waals surface area contributed by atoms with Gasteiger partial charge in [-0.3, -0.25) is 9.59 Å². The van der Waals surface area contributed by atoms with E-state index in [0.29, 0.717) is 18.9 Å². The Labute approximate surface area is 236 Å². The van der Waals surface area contributed by atoms with E-state index in [-0.39, 0.29) is 17.9 Å². The molecule has 4 rings (SSSR count). The lowest BCUT2D eigenvalue weighted by Crippen LogP contribution is -2.73. The summed E-state index contributed by atoms with van der Waals surface area (Å²) in [5.41, 5.74) is 2.09. The Morgan fingerprint density at radius 3 is 1.90 bits per heavy atom. The van der Waals surface area contributed by atoms with Crippen LogP contribution in [0.3, 0.4) is 0 Å². The number of unbranched alkanes of at least 4 members (excludes halogenated alkanes) is 4. The Bertz CT molecular complexity index is 1020. The summed E-state index contributed by atoms with van der Waals surface area (Å²) in [6, 6.07) is 20.9. The Morgan fingerprint density at radius 2 is 1.31 bits per heavy atom. The van der Waals surface area contributed by atoms with Gasteiger partial charge >= 0.3 is 0 Å². The van der Waals surface area contributed by atoms with Crippen molar-refractivity contribution >= 4 is 11.8 Å². The molecule has 2 amide bonds. The third-order valence-electron chi connectivity index (χ3n) is 8.67. The van der Waals surface area contributed by atoms with Gasteiger partial charge in [-0.25, -0.2) is 0 Å². The maximum atomic E-state index is 13.7.